The van der Waals surface area contributed by atoms with E-state index in [1.807, 2.05) is 6.92 Å². The first-order chi connectivity index (χ1) is 13.4. The van der Waals surface area contributed by atoms with Gasteiger partial charge < -0.3 is 0 Å². The number of carbonyl (C=O) groups is 3. The molecule has 7 heteroatoms. The molecular weight excluding hydrogens is 467 g/mol. The summed E-state index contributed by atoms with van der Waals surface area (Å²) in [5, 5.41) is 0. The van der Waals surface area contributed by atoms with Gasteiger partial charge in [0.1, 0.15) is 0 Å². The van der Waals surface area contributed by atoms with Crippen molar-refractivity contribution < 1.29 is 23.6 Å². The average molecular weight is 507 g/mol. The summed E-state index contributed by atoms with van der Waals surface area (Å²) >= 11 is -4.62. The predicted octanol–water partition coefficient (Wildman–Crippen LogP) is 5.71. The van der Waals surface area contributed by atoms with Crippen molar-refractivity contribution in [2.45, 2.75) is 116 Å². The van der Waals surface area contributed by atoms with Gasteiger partial charge >= 0.3 is 177 Å². The Kier molecular flexibility index (Phi) is 16.6. The van der Waals surface area contributed by atoms with Crippen LogP contribution in [0, 0.1) is 0 Å². The summed E-state index contributed by atoms with van der Waals surface area (Å²) in [5.41, 5.74) is 0. The molecule has 6 nitrogen and oxygen atoms in total. The van der Waals surface area contributed by atoms with E-state index < -0.39 is 37.5 Å². The molecule has 0 aliphatic heterocycles. The fraction of sp³-hybridized carbons (Fsp3) is 0.857. The first kappa shape index (κ1) is 27.2. The van der Waals surface area contributed by atoms with E-state index in [9.17, 15) is 14.4 Å². The van der Waals surface area contributed by atoms with Crippen molar-refractivity contribution >= 4 is 37.5 Å². The normalized spacial score (nSPS) is 11.1. The van der Waals surface area contributed by atoms with E-state index in [2.05, 4.69) is 20.8 Å². The van der Waals surface area contributed by atoms with E-state index >= 15 is 0 Å². The molecule has 0 bridgehead atoms. The van der Waals surface area contributed by atoms with Gasteiger partial charge in [0.15, 0.2) is 0 Å². The van der Waals surface area contributed by atoms with Crippen LogP contribution < -0.4 is 0 Å². The van der Waals surface area contributed by atoms with Gasteiger partial charge in [0.2, 0.25) is 0 Å². The van der Waals surface area contributed by atoms with Crippen LogP contribution in [0.4, 0.5) is 0 Å². The molecule has 0 rings (SSSR count). The summed E-state index contributed by atoms with van der Waals surface area (Å²) in [4.78, 5) is 37.0. The van der Waals surface area contributed by atoms with Crippen LogP contribution in [0.2, 0.25) is 4.44 Å². The van der Waals surface area contributed by atoms with E-state index in [1.54, 1.807) is 0 Å². The van der Waals surface area contributed by atoms with Crippen LogP contribution in [-0.4, -0.2) is 37.5 Å². The Morgan fingerprint density at radius 1 is 0.536 bits per heavy atom. The number of unbranched alkanes of at least 4 members (excludes halogenated alkanes) is 6. The van der Waals surface area contributed by atoms with Gasteiger partial charge in [-0.2, -0.15) is 0 Å². The molecule has 28 heavy (non-hydrogen) atoms. The summed E-state index contributed by atoms with van der Waals surface area (Å²) in [6.45, 7) is 8.08. The van der Waals surface area contributed by atoms with Crippen molar-refractivity contribution in [3.63, 3.8) is 0 Å². The summed E-state index contributed by atoms with van der Waals surface area (Å²) in [6, 6.07) is 0. The van der Waals surface area contributed by atoms with Gasteiger partial charge in [0.25, 0.3) is 0 Å². The van der Waals surface area contributed by atoms with Crippen LogP contribution in [0.3, 0.4) is 0 Å². The molecule has 0 aliphatic carbocycles. The zero-order valence-electron chi connectivity index (χ0n) is 18.3. The zero-order chi connectivity index (χ0) is 21.3. The fourth-order valence-electron chi connectivity index (χ4n) is 2.75. The molecule has 0 fully saturated rings. The zero-order valence-corrected chi connectivity index (χ0v) is 21.2. The van der Waals surface area contributed by atoms with Crippen LogP contribution >= 0.6 is 0 Å². The summed E-state index contributed by atoms with van der Waals surface area (Å²) in [6.07, 6.45) is 9.35. The van der Waals surface area contributed by atoms with E-state index in [1.165, 1.54) is 0 Å². The second kappa shape index (κ2) is 17.1. The summed E-state index contributed by atoms with van der Waals surface area (Å²) in [7, 11) is 0. The van der Waals surface area contributed by atoms with E-state index in [-0.39, 0.29) is 19.3 Å². The molecule has 164 valence electrons. The Hall–Kier alpha value is -0.791. The number of rotatable bonds is 17. The summed E-state index contributed by atoms with van der Waals surface area (Å²) < 4.78 is 17.3. The van der Waals surface area contributed by atoms with Crippen molar-refractivity contribution in [1.29, 1.82) is 0 Å². The Morgan fingerprint density at radius 2 is 0.857 bits per heavy atom. The Morgan fingerprint density at radius 3 is 1.11 bits per heavy atom. The molecule has 0 amide bonds. The van der Waals surface area contributed by atoms with Gasteiger partial charge in [-0.25, -0.2) is 0 Å². The molecule has 0 saturated heterocycles. The molecule has 0 aromatic carbocycles. The van der Waals surface area contributed by atoms with Gasteiger partial charge in [0, 0.05) is 0 Å². The standard InChI is InChI=1S/3C6H12O2.C3H7.Sn/c3*1-2-3-4-5-6(7)8;1-3-2;/h3*2-5H2,1H3,(H,7,8);1,3H2,2H3;/q;;;;+3/p-3. The van der Waals surface area contributed by atoms with Crippen molar-refractivity contribution in [3.05, 3.63) is 0 Å². The van der Waals surface area contributed by atoms with Crippen LogP contribution in [0.1, 0.15) is 111 Å². The van der Waals surface area contributed by atoms with Crippen molar-refractivity contribution in [2.24, 2.45) is 0 Å². The average Bonchev–Trinajstić information content (AvgIpc) is 2.62. The molecule has 0 unspecified atom stereocenters. The minimum atomic E-state index is -4.62. The first-order valence-electron chi connectivity index (χ1n) is 11.1. The van der Waals surface area contributed by atoms with Gasteiger partial charge in [0.05, 0.1) is 0 Å². The molecule has 0 aromatic rings. The van der Waals surface area contributed by atoms with E-state index in [0.717, 1.165) is 57.8 Å². The van der Waals surface area contributed by atoms with Crippen LogP contribution in [0.25, 0.3) is 0 Å². The molecule has 0 saturated carbocycles. The third-order valence-corrected chi connectivity index (χ3v) is 12.1. The first-order valence-corrected chi connectivity index (χ1v) is 16.6. The van der Waals surface area contributed by atoms with Crippen molar-refractivity contribution in [2.75, 3.05) is 0 Å². The third kappa shape index (κ3) is 13.4. The maximum absolute atomic E-state index is 12.3. The minimum absolute atomic E-state index is 0.261. The Labute approximate surface area is 176 Å². The van der Waals surface area contributed by atoms with Gasteiger partial charge in [-0.3, -0.25) is 0 Å². The summed E-state index contributed by atoms with van der Waals surface area (Å²) in [5.74, 6) is -1.25. The van der Waals surface area contributed by atoms with Gasteiger partial charge in [-0.05, 0) is 0 Å². The van der Waals surface area contributed by atoms with Crippen LogP contribution in [0.15, 0.2) is 0 Å². The molecule has 0 aromatic heterocycles. The van der Waals surface area contributed by atoms with Crippen LogP contribution in [0.5, 0.6) is 0 Å². The fourth-order valence-corrected chi connectivity index (χ4v) is 9.58. The molecule has 0 radical (unpaired) electrons. The molecule has 0 atom stereocenters. The number of hydrogen-bond acceptors (Lipinski definition) is 6. The van der Waals surface area contributed by atoms with Crippen molar-refractivity contribution in [1.82, 2.24) is 0 Å². The second-order valence-corrected chi connectivity index (χ2v) is 14.3. The predicted molar refractivity (Wildman–Crippen MR) is 112 cm³/mol. The maximum atomic E-state index is 12.3. The van der Waals surface area contributed by atoms with Crippen molar-refractivity contribution in [3.8, 4) is 0 Å². The number of hydrogen-bond donors (Lipinski definition) is 0. The Bertz CT molecular complexity index is 392. The molecular formula is C21H40O6Sn. The number of carbonyl (C=O) groups excluding carboxylic acids is 3. The molecule has 0 heterocycles. The third-order valence-electron chi connectivity index (χ3n) is 4.32. The monoisotopic (exact) mass is 508 g/mol. The molecule has 0 aliphatic rings. The quantitative estimate of drug-likeness (QED) is 0.186. The van der Waals surface area contributed by atoms with Gasteiger partial charge in [-0.15, -0.1) is 0 Å². The van der Waals surface area contributed by atoms with E-state index in [4.69, 9.17) is 9.22 Å². The van der Waals surface area contributed by atoms with Crippen LogP contribution in [-0.2, 0) is 23.6 Å². The topological polar surface area (TPSA) is 78.9 Å². The second-order valence-electron chi connectivity index (χ2n) is 7.23. The molecule has 0 spiro atoms. The molecule has 0 N–H and O–H groups in total. The van der Waals surface area contributed by atoms with Gasteiger partial charge in [-0.1, -0.05) is 0 Å². The Balaban J connectivity index is 5.14. The SMILES string of the molecule is CCCCCC(=O)[O][Sn]([CH2]CC)([O]C(=O)CCCCC)[O]C(=O)CCCCC. The van der Waals surface area contributed by atoms with E-state index in [0.29, 0.717) is 10.9 Å².